The van der Waals surface area contributed by atoms with Crippen molar-refractivity contribution in [2.75, 3.05) is 7.11 Å². The summed E-state index contributed by atoms with van der Waals surface area (Å²) in [6.07, 6.45) is 1.43. The van der Waals surface area contributed by atoms with Gasteiger partial charge in [-0.3, -0.25) is 4.79 Å². The lowest BCUT2D eigenvalue weighted by Gasteiger charge is -2.27. The number of carbonyl (C=O) groups is 1. The number of hydrogen-bond acceptors (Lipinski definition) is 5. The van der Waals surface area contributed by atoms with Gasteiger partial charge in [0.15, 0.2) is 17.1 Å². The number of hydrazone groups is 1. The van der Waals surface area contributed by atoms with E-state index in [0.717, 1.165) is 5.56 Å². The van der Waals surface area contributed by atoms with E-state index in [9.17, 15) is 14.3 Å². The predicted molar refractivity (Wildman–Crippen MR) is 151 cm³/mol. The fourth-order valence-electron chi connectivity index (χ4n) is 3.75. The molecule has 0 fully saturated rings. The SMILES string of the molecule is COc1cc(/C=N\NC(=O)C(O)(c2ccccc2)c2ccccc2)c(Br)c(Br)c1OCc1ccc(F)cc1. The van der Waals surface area contributed by atoms with Crippen molar-refractivity contribution in [3.05, 3.63) is 128 Å². The van der Waals surface area contributed by atoms with Gasteiger partial charge in [0.2, 0.25) is 0 Å². The molecule has 0 aliphatic carbocycles. The summed E-state index contributed by atoms with van der Waals surface area (Å²) >= 11 is 7.05. The van der Waals surface area contributed by atoms with Crippen molar-refractivity contribution in [2.24, 2.45) is 5.10 Å². The van der Waals surface area contributed by atoms with Gasteiger partial charge in [-0.1, -0.05) is 72.8 Å². The zero-order valence-electron chi connectivity index (χ0n) is 20.2. The topological polar surface area (TPSA) is 80.2 Å². The number of amides is 1. The Morgan fingerprint density at radius 1 is 0.974 bits per heavy atom. The Kier molecular flexibility index (Phi) is 8.93. The van der Waals surface area contributed by atoms with Gasteiger partial charge in [-0.15, -0.1) is 0 Å². The van der Waals surface area contributed by atoms with Gasteiger partial charge in [0.05, 0.1) is 17.8 Å². The number of carbonyl (C=O) groups excluding carboxylic acids is 1. The van der Waals surface area contributed by atoms with E-state index in [0.29, 0.717) is 37.1 Å². The molecule has 6 nitrogen and oxygen atoms in total. The summed E-state index contributed by atoms with van der Waals surface area (Å²) in [6.45, 7) is 0.197. The van der Waals surface area contributed by atoms with Crippen molar-refractivity contribution in [1.82, 2.24) is 5.43 Å². The van der Waals surface area contributed by atoms with Crippen LogP contribution in [0, 0.1) is 5.82 Å². The summed E-state index contributed by atoms with van der Waals surface area (Å²) in [4.78, 5) is 13.3. The number of hydrogen-bond donors (Lipinski definition) is 2. The highest BCUT2D eigenvalue weighted by molar-refractivity contribution is 9.13. The molecule has 0 spiro atoms. The first-order valence-corrected chi connectivity index (χ1v) is 13.0. The lowest BCUT2D eigenvalue weighted by Crippen LogP contribution is -2.43. The summed E-state index contributed by atoms with van der Waals surface area (Å²) in [5.41, 5.74) is 2.69. The molecule has 4 rings (SSSR count). The van der Waals surface area contributed by atoms with Gasteiger partial charge in [-0.25, -0.2) is 9.82 Å². The highest BCUT2D eigenvalue weighted by atomic mass is 79.9. The Morgan fingerprint density at radius 2 is 1.55 bits per heavy atom. The van der Waals surface area contributed by atoms with E-state index in [1.54, 1.807) is 78.9 Å². The smallest absolute Gasteiger partial charge is 0.281 e. The molecule has 0 saturated heterocycles. The number of benzene rings is 4. The van der Waals surface area contributed by atoms with Crippen molar-refractivity contribution in [1.29, 1.82) is 0 Å². The van der Waals surface area contributed by atoms with Crippen LogP contribution in [0.3, 0.4) is 0 Å². The fraction of sp³-hybridized carbons (Fsp3) is 0.103. The first-order valence-electron chi connectivity index (χ1n) is 11.4. The largest absolute Gasteiger partial charge is 0.493 e. The first-order chi connectivity index (χ1) is 18.3. The third kappa shape index (κ3) is 5.96. The van der Waals surface area contributed by atoms with E-state index >= 15 is 0 Å². The highest BCUT2D eigenvalue weighted by Crippen LogP contribution is 2.42. The lowest BCUT2D eigenvalue weighted by molar-refractivity contribution is -0.136. The second-order valence-corrected chi connectivity index (χ2v) is 9.77. The summed E-state index contributed by atoms with van der Waals surface area (Å²) in [5.74, 6) is -0.183. The van der Waals surface area contributed by atoms with Crippen LogP contribution in [0.25, 0.3) is 0 Å². The molecule has 0 atom stereocenters. The number of methoxy groups -OCH3 is 1. The average molecular weight is 642 g/mol. The summed E-state index contributed by atoms with van der Waals surface area (Å²) in [6, 6.07) is 25.0. The minimum atomic E-state index is -1.95. The summed E-state index contributed by atoms with van der Waals surface area (Å²) < 4.78 is 25.8. The van der Waals surface area contributed by atoms with E-state index in [2.05, 4.69) is 42.4 Å². The van der Waals surface area contributed by atoms with Crippen molar-refractivity contribution >= 4 is 44.0 Å². The normalized spacial score (nSPS) is 11.4. The lowest BCUT2D eigenvalue weighted by atomic mass is 9.85. The zero-order valence-corrected chi connectivity index (χ0v) is 23.4. The van der Waals surface area contributed by atoms with Crippen molar-refractivity contribution in [3.63, 3.8) is 0 Å². The molecule has 194 valence electrons. The van der Waals surface area contributed by atoms with E-state index in [-0.39, 0.29) is 12.4 Å². The van der Waals surface area contributed by atoms with Crippen LogP contribution < -0.4 is 14.9 Å². The van der Waals surface area contributed by atoms with Crippen LogP contribution in [-0.2, 0) is 17.0 Å². The molecule has 0 aromatic heterocycles. The van der Waals surface area contributed by atoms with Gasteiger partial charge in [0.1, 0.15) is 12.4 Å². The van der Waals surface area contributed by atoms with Crippen LogP contribution in [0.1, 0.15) is 22.3 Å². The Balaban J connectivity index is 1.56. The Morgan fingerprint density at radius 3 is 2.11 bits per heavy atom. The van der Waals surface area contributed by atoms with E-state index in [1.807, 2.05) is 0 Å². The summed E-state index contributed by atoms with van der Waals surface area (Å²) in [5, 5.41) is 15.6. The predicted octanol–water partition coefficient (Wildman–Crippen LogP) is 6.32. The van der Waals surface area contributed by atoms with Crippen LogP contribution in [-0.4, -0.2) is 24.3 Å². The van der Waals surface area contributed by atoms with Gasteiger partial charge >= 0.3 is 0 Å². The molecule has 0 radical (unpaired) electrons. The fourth-order valence-corrected chi connectivity index (χ4v) is 4.69. The van der Waals surface area contributed by atoms with Crippen molar-refractivity contribution in [2.45, 2.75) is 12.2 Å². The maximum Gasteiger partial charge on any atom is 0.281 e. The van der Waals surface area contributed by atoms with Crippen LogP contribution in [0.15, 0.2) is 105 Å². The monoisotopic (exact) mass is 640 g/mol. The molecule has 38 heavy (non-hydrogen) atoms. The van der Waals surface area contributed by atoms with E-state index < -0.39 is 11.5 Å². The molecule has 4 aromatic carbocycles. The van der Waals surface area contributed by atoms with Gasteiger partial charge < -0.3 is 14.6 Å². The number of ether oxygens (including phenoxy) is 2. The molecule has 9 heteroatoms. The van der Waals surface area contributed by atoms with Crippen molar-refractivity contribution < 1.29 is 23.8 Å². The minimum Gasteiger partial charge on any atom is -0.493 e. The van der Waals surface area contributed by atoms with Crippen LogP contribution in [0.5, 0.6) is 11.5 Å². The van der Waals surface area contributed by atoms with E-state index in [1.165, 1.54) is 25.5 Å². The Labute approximate surface area is 236 Å². The quantitative estimate of drug-likeness (QED) is 0.166. The molecular weight excluding hydrogens is 619 g/mol. The second-order valence-electron chi connectivity index (χ2n) is 8.18. The van der Waals surface area contributed by atoms with Gasteiger partial charge in [0, 0.05) is 10.0 Å². The Bertz CT molecular complexity index is 1390. The molecule has 1 amide bonds. The minimum absolute atomic E-state index is 0.197. The number of nitrogens with zero attached hydrogens (tertiary/aromatic N) is 1. The molecule has 0 aliphatic rings. The molecule has 0 saturated carbocycles. The molecule has 0 bridgehead atoms. The molecule has 0 aliphatic heterocycles. The second kappa shape index (κ2) is 12.3. The van der Waals surface area contributed by atoms with Crippen LogP contribution in [0.2, 0.25) is 0 Å². The highest BCUT2D eigenvalue weighted by Gasteiger charge is 2.39. The zero-order chi connectivity index (χ0) is 27.1. The molecule has 2 N–H and O–H groups in total. The summed E-state index contributed by atoms with van der Waals surface area (Å²) in [7, 11) is 1.50. The molecular formula is C29H23Br2FN2O4. The number of rotatable bonds is 9. The number of aliphatic hydroxyl groups is 1. The van der Waals surface area contributed by atoms with Gasteiger partial charge in [-0.05, 0) is 66.7 Å². The van der Waals surface area contributed by atoms with Gasteiger partial charge in [-0.2, -0.15) is 5.10 Å². The van der Waals surface area contributed by atoms with E-state index in [4.69, 9.17) is 9.47 Å². The number of nitrogens with one attached hydrogen (secondary N) is 1. The third-order valence-corrected chi connectivity index (χ3v) is 7.90. The molecule has 4 aromatic rings. The van der Waals surface area contributed by atoms with Gasteiger partial charge in [0.25, 0.3) is 5.91 Å². The first kappa shape index (κ1) is 27.5. The third-order valence-electron chi connectivity index (χ3n) is 5.75. The average Bonchev–Trinajstić information content (AvgIpc) is 2.96. The Hall–Kier alpha value is -3.53. The maximum absolute atomic E-state index is 13.3. The molecule has 0 unspecified atom stereocenters. The van der Waals surface area contributed by atoms with Crippen LogP contribution in [0.4, 0.5) is 4.39 Å². The number of halogens is 3. The maximum atomic E-state index is 13.3. The van der Waals surface area contributed by atoms with Crippen LogP contribution >= 0.6 is 31.9 Å². The molecule has 0 heterocycles. The standard InChI is InChI=1S/C29H23Br2FN2O4/c1-37-24-16-20(25(30)26(31)27(24)38-18-19-12-14-23(32)15-13-19)17-33-34-28(35)29(36,21-8-4-2-5-9-21)22-10-6-3-7-11-22/h2-17,36H,18H2,1H3,(H,34,35)/b33-17-. The van der Waals surface area contributed by atoms with Crippen molar-refractivity contribution in [3.8, 4) is 11.5 Å².